The van der Waals surface area contributed by atoms with Crippen molar-refractivity contribution >= 4 is 36.9 Å². The van der Waals surface area contributed by atoms with Crippen LogP contribution in [-0.4, -0.2) is 72.2 Å². The van der Waals surface area contributed by atoms with Gasteiger partial charge in [-0.3, -0.25) is 9.59 Å². The summed E-state index contributed by atoms with van der Waals surface area (Å²) in [4.78, 5) is 30.7. The van der Waals surface area contributed by atoms with Crippen molar-refractivity contribution in [3.8, 4) is 0 Å². The van der Waals surface area contributed by atoms with Crippen molar-refractivity contribution < 1.29 is 9.59 Å². The minimum Gasteiger partial charge on any atom is -0.365 e. The highest BCUT2D eigenvalue weighted by Gasteiger charge is 2.39. The lowest BCUT2D eigenvalue weighted by molar-refractivity contribution is -0.140. The molecule has 4 atom stereocenters. The summed E-state index contributed by atoms with van der Waals surface area (Å²) in [6.45, 7) is 4.49. The number of nitrogens with one attached hydrogen (secondary N) is 1. The summed E-state index contributed by atoms with van der Waals surface area (Å²) < 4.78 is 0. The van der Waals surface area contributed by atoms with Crippen LogP contribution < -0.4 is 11.1 Å². The standard InChI is InChI=1S/C20H35BN4O2S/c1-13(20(28)24-11-9-15(21)12-24)23-18(26)16-8-5-10-25(16)19(27)17(22)14-6-3-2-4-7-14/h13-17H,2-12,21-22H2,1H3,(H,23,26)/t13-,15+,16-,17-/m0/s1. The minimum absolute atomic E-state index is 0.0480. The fourth-order valence-corrected chi connectivity index (χ4v) is 5.19. The van der Waals surface area contributed by atoms with E-state index in [1.54, 1.807) is 4.90 Å². The minimum atomic E-state index is -0.474. The molecular weight excluding hydrogens is 371 g/mol. The van der Waals surface area contributed by atoms with Crippen molar-refractivity contribution in [3.63, 3.8) is 0 Å². The van der Waals surface area contributed by atoms with Crippen molar-refractivity contribution in [2.24, 2.45) is 11.7 Å². The van der Waals surface area contributed by atoms with E-state index in [1.807, 2.05) is 6.92 Å². The molecular formula is C20H35BN4O2S. The molecule has 0 aromatic rings. The van der Waals surface area contributed by atoms with Gasteiger partial charge in [-0.05, 0) is 44.9 Å². The van der Waals surface area contributed by atoms with Crippen LogP contribution >= 0.6 is 12.2 Å². The molecule has 6 nitrogen and oxygen atoms in total. The highest BCUT2D eigenvalue weighted by Crippen LogP contribution is 2.28. The average molecular weight is 406 g/mol. The van der Waals surface area contributed by atoms with E-state index >= 15 is 0 Å². The molecule has 3 rings (SSSR count). The van der Waals surface area contributed by atoms with Gasteiger partial charge in [0, 0.05) is 19.6 Å². The third-order valence-electron chi connectivity index (χ3n) is 6.75. The fourth-order valence-electron chi connectivity index (χ4n) is 4.97. The van der Waals surface area contributed by atoms with Crippen LogP contribution in [-0.2, 0) is 9.59 Å². The maximum Gasteiger partial charge on any atom is 0.243 e. The van der Waals surface area contributed by atoms with E-state index in [-0.39, 0.29) is 23.8 Å². The number of carbonyl (C=O) groups excluding carboxylic acids is 2. The molecule has 3 aliphatic rings. The molecule has 0 unspecified atom stereocenters. The van der Waals surface area contributed by atoms with Crippen LogP contribution in [0.3, 0.4) is 0 Å². The average Bonchev–Trinajstić information content (AvgIpc) is 3.36. The van der Waals surface area contributed by atoms with Gasteiger partial charge in [-0.25, -0.2) is 0 Å². The zero-order valence-corrected chi connectivity index (χ0v) is 18.2. The van der Waals surface area contributed by atoms with Crippen LogP contribution in [0.4, 0.5) is 0 Å². The number of rotatable bonds is 5. The molecule has 0 spiro atoms. The molecule has 1 saturated carbocycles. The first kappa shape index (κ1) is 21.6. The maximum absolute atomic E-state index is 13.0. The molecule has 3 N–H and O–H groups in total. The Balaban J connectivity index is 1.56. The van der Waals surface area contributed by atoms with Crippen molar-refractivity contribution in [3.05, 3.63) is 0 Å². The summed E-state index contributed by atoms with van der Waals surface area (Å²) in [6, 6.07) is -1.08. The van der Waals surface area contributed by atoms with E-state index < -0.39 is 12.1 Å². The Hall–Kier alpha value is -1.15. The Kier molecular flexibility index (Phi) is 7.37. The summed E-state index contributed by atoms with van der Waals surface area (Å²) in [5.41, 5.74) is 6.33. The predicted octanol–water partition coefficient (Wildman–Crippen LogP) is 0.844. The highest BCUT2D eigenvalue weighted by atomic mass is 32.1. The number of amides is 2. The monoisotopic (exact) mass is 406 g/mol. The van der Waals surface area contributed by atoms with Crippen LogP contribution in [0.15, 0.2) is 0 Å². The predicted molar refractivity (Wildman–Crippen MR) is 118 cm³/mol. The Morgan fingerprint density at radius 2 is 1.82 bits per heavy atom. The largest absolute Gasteiger partial charge is 0.365 e. The maximum atomic E-state index is 13.0. The molecule has 3 fully saturated rings. The van der Waals surface area contributed by atoms with E-state index in [0.717, 1.165) is 56.6 Å². The third-order valence-corrected chi connectivity index (χ3v) is 7.36. The first-order valence-corrected chi connectivity index (χ1v) is 11.4. The van der Waals surface area contributed by atoms with Crippen LogP contribution in [0.1, 0.15) is 58.3 Å². The summed E-state index contributed by atoms with van der Waals surface area (Å²) >= 11 is 5.60. The molecule has 0 aromatic heterocycles. The van der Waals surface area contributed by atoms with E-state index in [0.29, 0.717) is 18.8 Å². The van der Waals surface area contributed by atoms with Crippen molar-refractivity contribution in [1.29, 1.82) is 0 Å². The Morgan fingerprint density at radius 1 is 1.11 bits per heavy atom. The van der Waals surface area contributed by atoms with Crippen molar-refractivity contribution in [2.75, 3.05) is 19.6 Å². The van der Waals surface area contributed by atoms with E-state index in [9.17, 15) is 9.59 Å². The van der Waals surface area contributed by atoms with Gasteiger partial charge in [-0.1, -0.05) is 37.3 Å². The summed E-state index contributed by atoms with van der Waals surface area (Å²) in [5, 5.41) is 3.06. The van der Waals surface area contributed by atoms with E-state index in [1.165, 1.54) is 6.42 Å². The number of nitrogens with zero attached hydrogens (tertiary/aromatic N) is 2. The second kappa shape index (κ2) is 9.57. The topological polar surface area (TPSA) is 78.7 Å². The molecule has 2 amide bonds. The molecule has 2 heterocycles. The Labute approximate surface area is 175 Å². The Bertz CT molecular complexity index is 599. The van der Waals surface area contributed by atoms with Crippen LogP contribution in [0.5, 0.6) is 0 Å². The van der Waals surface area contributed by atoms with Gasteiger partial charge in [0.15, 0.2) is 0 Å². The molecule has 0 bridgehead atoms. The van der Waals surface area contributed by atoms with Crippen LogP contribution in [0.2, 0.25) is 5.82 Å². The summed E-state index contributed by atoms with van der Waals surface area (Å²) in [5.74, 6) is 0.760. The second-order valence-corrected chi connectivity index (χ2v) is 9.44. The van der Waals surface area contributed by atoms with Gasteiger partial charge in [-0.15, -0.1) is 0 Å². The van der Waals surface area contributed by atoms with E-state index in [2.05, 4.69) is 18.1 Å². The van der Waals surface area contributed by atoms with Gasteiger partial charge in [0.05, 0.1) is 12.1 Å². The number of nitrogens with two attached hydrogens (primary N) is 1. The lowest BCUT2D eigenvalue weighted by atomic mass is 9.83. The molecule has 1 aliphatic carbocycles. The Morgan fingerprint density at radius 3 is 2.46 bits per heavy atom. The summed E-state index contributed by atoms with van der Waals surface area (Å²) in [7, 11) is 2.23. The lowest BCUT2D eigenvalue weighted by Crippen LogP contribution is -2.55. The third kappa shape index (κ3) is 4.88. The number of hydrogen-bond donors (Lipinski definition) is 2. The molecule has 2 saturated heterocycles. The normalized spacial score (nSPS) is 28.2. The van der Waals surface area contributed by atoms with Crippen LogP contribution in [0.25, 0.3) is 0 Å². The fraction of sp³-hybridized carbons (Fsp3) is 0.850. The zero-order valence-electron chi connectivity index (χ0n) is 17.4. The zero-order chi connectivity index (χ0) is 20.3. The number of likely N-dealkylation sites (tertiary alicyclic amines) is 2. The molecule has 156 valence electrons. The van der Waals surface area contributed by atoms with E-state index in [4.69, 9.17) is 18.0 Å². The van der Waals surface area contributed by atoms with Gasteiger partial charge in [-0.2, -0.15) is 0 Å². The quantitative estimate of drug-likeness (QED) is 0.523. The van der Waals surface area contributed by atoms with Crippen molar-refractivity contribution in [1.82, 2.24) is 15.1 Å². The smallest absolute Gasteiger partial charge is 0.243 e. The number of carbonyl (C=O) groups is 2. The summed E-state index contributed by atoms with van der Waals surface area (Å²) in [6.07, 6.45) is 8.29. The second-order valence-electron chi connectivity index (χ2n) is 9.02. The number of hydrogen-bond acceptors (Lipinski definition) is 4. The van der Waals surface area contributed by atoms with Gasteiger partial charge in [0.2, 0.25) is 11.8 Å². The van der Waals surface area contributed by atoms with Gasteiger partial charge in [0.1, 0.15) is 18.9 Å². The molecule has 28 heavy (non-hydrogen) atoms. The molecule has 8 heteroatoms. The first-order valence-electron chi connectivity index (χ1n) is 11.0. The van der Waals surface area contributed by atoms with Gasteiger partial charge < -0.3 is 20.9 Å². The lowest BCUT2D eigenvalue weighted by Gasteiger charge is -2.33. The SMILES string of the molecule is B[C@@H]1CCN(C(=S)[C@H](C)NC(=O)[C@@H]2CCCN2C(=O)[C@@H](N)C2CCCCC2)C1. The number of thiocarbonyl (C=S) groups is 1. The molecule has 2 aliphatic heterocycles. The highest BCUT2D eigenvalue weighted by molar-refractivity contribution is 7.80. The molecule has 0 aromatic carbocycles. The molecule has 0 radical (unpaired) electrons. The van der Waals surface area contributed by atoms with Gasteiger partial charge >= 0.3 is 0 Å². The first-order chi connectivity index (χ1) is 13.4. The van der Waals surface area contributed by atoms with Gasteiger partial charge in [0.25, 0.3) is 0 Å². The van der Waals surface area contributed by atoms with Crippen LogP contribution in [0, 0.1) is 5.92 Å². The van der Waals surface area contributed by atoms with Crippen molar-refractivity contribution in [2.45, 2.75) is 82.2 Å².